The van der Waals surface area contributed by atoms with E-state index in [0.29, 0.717) is 11.5 Å². The predicted molar refractivity (Wildman–Crippen MR) is 127 cm³/mol. The van der Waals surface area contributed by atoms with Crippen molar-refractivity contribution in [1.29, 1.82) is 0 Å². The number of nitrogen functional groups attached to an aromatic ring is 1. The average Bonchev–Trinajstić information content (AvgIpc) is 2.81. The molecular weight excluding hydrogens is 410 g/mol. The molecular formula is C23H22ClN7. The number of pyridine rings is 1. The smallest absolute Gasteiger partial charge is 0.159 e. The van der Waals surface area contributed by atoms with Gasteiger partial charge in [0.05, 0.1) is 11.2 Å². The molecule has 2 aromatic heterocycles. The molecule has 0 radical (unpaired) electrons. The topological polar surface area (TPSA) is 83.2 Å². The zero-order valence-electron chi connectivity index (χ0n) is 16.9. The van der Waals surface area contributed by atoms with Crippen molar-refractivity contribution in [2.45, 2.75) is 0 Å². The Labute approximate surface area is 185 Å². The van der Waals surface area contributed by atoms with Gasteiger partial charge in [0.1, 0.15) is 12.0 Å². The number of anilines is 5. The minimum Gasteiger partial charge on any atom is -0.393 e. The third kappa shape index (κ3) is 3.92. The molecule has 0 atom stereocenters. The van der Waals surface area contributed by atoms with E-state index >= 15 is 0 Å². The van der Waals surface area contributed by atoms with Crippen LogP contribution < -0.4 is 20.9 Å². The summed E-state index contributed by atoms with van der Waals surface area (Å²) in [6.45, 7) is 3.34. The van der Waals surface area contributed by atoms with Crippen molar-refractivity contribution in [2.75, 3.05) is 47.0 Å². The molecule has 31 heavy (non-hydrogen) atoms. The average molecular weight is 432 g/mol. The van der Waals surface area contributed by atoms with Crippen LogP contribution in [0.15, 0.2) is 67.1 Å². The summed E-state index contributed by atoms with van der Waals surface area (Å²) < 4.78 is 0. The molecule has 0 saturated carbocycles. The Kier molecular flexibility index (Phi) is 5.18. The van der Waals surface area contributed by atoms with Crippen LogP contribution in [0.1, 0.15) is 0 Å². The number of rotatable bonds is 4. The molecule has 0 unspecified atom stereocenters. The number of piperazine rings is 1. The van der Waals surface area contributed by atoms with Gasteiger partial charge in [-0.15, -0.1) is 0 Å². The van der Waals surface area contributed by atoms with Gasteiger partial charge < -0.3 is 20.9 Å². The standard InChI is InChI=1S/C23H22ClN7/c24-17-6-2-7-18(14-17)30-10-12-31(13-11-30)23-20(25)22(27-15-28-23)29-19-8-1-4-16-5-3-9-26-21(16)19/h1-9,14-15H,10-13,25H2,(H,27,28,29). The van der Waals surface area contributed by atoms with Gasteiger partial charge in [-0.05, 0) is 30.3 Å². The molecule has 8 heteroatoms. The van der Waals surface area contributed by atoms with Crippen LogP contribution in [0.4, 0.5) is 28.7 Å². The number of nitrogens with two attached hydrogens (primary N) is 1. The van der Waals surface area contributed by atoms with Gasteiger partial charge in [0, 0.05) is 48.5 Å². The fraction of sp³-hybridized carbons (Fsp3) is 0.174. The Hall–Kier alpha value is -3.58. The number of nitrogens with one attached hydrogen (secondary N) is 1. The van der Waals surface area contributed by atoms with Crippen LogP contribution in [-0.4, -0.2) is 41.1 Å². The molecule has 2 aromatic carbocycles. The van der Waals surface area contributed by atoms with Crippen molar-refractivity contribution in [3.8, 4) is 0 Å². The summed E-state index contributed by atoms with van der Waals surface area (Å²) in [7, 11) is 0. The monoisotopic (exact) mass is 431 g/mol. The van der Waals surface area contributed by atoms with Crippen LogP contribution in [0.2, 0.25) is 5.02 Å². The highest BCUT2D eigenvalue weighted by atomic mass is 35.5. The van der Waals surface area contributed by atoms with E-state index in [1.54, 1.807) is 12.5 Å². The lowest BCUT2D eigenvalue weighted by Gasteiger charge is -2.37. The number of hydrogen-bond donors (Lipinski definition) is 2. The number of nitrogens with zero attached hydrogens (tertiary/aromatic N) is 5. The fourth-order valence-electron chi connectivity index (χ4n) is 3.92. The van der Waals surface area contributed by atoms with Crippen LogP contribution in [0.25, 0.3) is 10.9 Å². The molecule has 0 bridgehead atoms. The minimum atomic E-state index is 0.534. The second-order valence-electron chi connectivity index (χ2n) is 7.42. The largest absolute Gasteiger partial charge is 0.393 e. The van der Waals surface area contributed by atoms with Crippen molar-refractivity contribution in [3.63, 3.8) is 0 Å². The maximum Gasteiger partial charge on any atom is 0.159 e. The third-order valence-electron chi connectivity index (χ3n) is 5.50. The second kappa shape index (κ2) is 8.28. The molecule has 1 saturated heterocycles. The second-order valence-corrected chi connectivity index (χ2v) is 7.86. The van der Waals surface area contributed by atoms with E-state index in [1.165, 1.54) is 0 Å². The van der Waals surface area contributed by atoms with Gasteiger partial charge >= 0.3 is 0 Å². The molecule has 1 fully saturated rings. The Morgan fingerprint density at radius 2 is 1.65 bits per heavy atom. The highest BCUT2D eigenvalue weighted by Gasteiger charge is 2.22. The van der Waals surface area contributed by atoms with E-state index < -0.39 is 0 Å². The Morgan fingerprint density at radius 3 is 2.48 bits per heavy atom. The first kappa shape index (κ1) is 19.4. The first-order chi connectivity index (χ1) is 15.2. The molecule has 0 aliphatic carbocycles. The van der Waals surface area contributed by atoms with E-state index in [4.69, 9.17) is 17.3 Å². The summed E-state index contributed by atoms with van der Waals surface area (Å²) in [5.74, 6) is 1.33. The summed E-state index contributed by atoms with van der Waals surface area (Å²) >= 11 is 6.15. The third-order valence-corrected chi connectivity index (χ3v) is 5.74. The van der Waals surface area contributed by atoms with E-state index in [2.05, 4.69) is 36.1 Å². The highest BCUT2D eigenvalue weighted by molar-refractivity contribution is 6.30. The summed E-state index contributed by atoms with van der Waals surface area (Å²) in [6, 6.07) is 17.9. The molecule has 7 nitrogen and oxygen atoms in total. The number of para-hydroxylation sites is 1. The number of fused-ring (bicyclic) bond motifs is 1. The lowest BCUT2D eigenvalue weighted by Crippen LogP contribution is -2.47. The Morgan fingerprint density at radius 1 is 0.871 bits per heavy atom. The van der Waals surface area contributed by atoms with Gasteiger partial charge in [0.25, 0.3) is 0 Å². The summed E-state index contributed by atoms with van der Waals surface area (Å²) in [6.07, 6.45) is 3.33. The molecule has 3 heterocycles. The number of hydrogen-bond acceptors (Lipinski definition) is 7. The van der Waals surface area contributed by atoms with Crippen molar-refractivity contribution in [3.05, 3.63) is 72.1 Å². The summed E-state index contributed by atoms with van der Waals surface area (Å²) in [4.78, 5) is 17.9. The predicted octanol–water partition coefficient (Wildman–Crippen LogP) is 4.33. The fourth-order valence-corrected chi connectivity index (χ4v) is 4.10. The molecule has 0 amide bonds. The van der Waals surface area contributed by atoms with Gasteiger partial charge in [-0.1, -0.05) is 35.9 Å². The first-order valence-corrected chi connectivity index (χ1v) is 10.5. The normalized spacial score (nSPS) is 14.1. The van der Waals surface area contributed by atoms with Gasteiger partial charge in [0.15, 0.2) is 11.6 Å². The van der Waals surface area contributed by atoms with Crippen LogP contribution in [0.5, 0.6) is 0 Å². The first-order valence-electron chi connectivity index (χ1n) is 10.2. The number of halogens is 1. The van der Waals surface area contributed by atoms with Crippen LogP contribution in [0.3, 0.4) is 0 Å². The lowest BCUT2D eigenvalue weighted by atomic mass is 10.2. The zero-order chi connectivity index (χ0) is 21.2. The molecule has 156 valence electrons. The van der Waals surface area contributed by atoms with Gasteiger partial charge in [0.2, 0.25) is 0 Å². The SMILES string of the molecule is Nc1c(Nc2cccc3cccnc23)ncnc1N1CCN(c2cccc(Cl)c2)CC1. The molecule has 4 aromatic rings. The van der Waals surface area contributed by atoms with E-state index in [9.17, 15) is 0 Å². The Bertz CT molecular complexity index is 1220. The maximum atomic E-state index is 6.49. The highest BCUT2D eigenvalue weighted by Crippen LogP contribution is 2.31. The molecule has 1 aliphatic rings. The lowest BCUT2D eigenvalue weighted by molar-refractivity contribution is 0.647. The summed E-state index contributed by atoms with van der Waals surface area (Å²) in [5, 5.41) is 5.15. The molecule has 1 aliphatic heterocycles. The van der Waals surface area contributed by atoms with Crippen molar-refractivity contribution in [1.82, 2.24) is 15.0 Å². The molecule has 0 spiro atoms. The maximum absolute atomic E-state index is 6.49. The van der Waals surface area contributed by atoms with Crippen LogP contribution in [-0.2, 0) is 0 Å². The van der Waals surface area contributed by atoms with Crippen LogP contribution >= 0.6 is 11.6 Å². The van der Waals surface area contributed by atoms with Crippen LogP contribution in [0, 0.1) is 0 Å². The molecule has 3 N–H and O–H groups in total. The van der Waals surface area contributed by atoms with Crippen molar-refractivity contribution >= 4 is 51.2 Å². The van der Waals surface area contributed by atoms with E-state index in [-0.39, 0.29) is 0 Å². The molecule has 5 rings (SSSR count). The number of benzene rings is 2. The van der Waals surface area contributed by atoms with Gasteiger partial charge in [-0.25, -0.2) is 9.97 Å². The van der Waals surface area contributed by atoms with Gasteiger partial charge in [-0.3, -0.25) is 4.98 Å². The van der Waals surface area contributed by atoms with Crippen molar-refractivity contribution < 1.29 is 0 Å². The Balaban J connectivity index is 1.35. The number of aromatic nitrogens is 3. The summed E-state index contributed by atoms with van der Waals surface area (Å²) in [5.41, 5.74) is 9.89. The van der Waals surface area contributed by atoms with Crippen molar-refractivity contribution in [2.24, 2.45) is 0 Å². The van der Waals surface area contributed by atoms with E-state index in [1.807, 2.05) is 48.5 Å². The van der Waals surface area contributed by atoms with E-state index in [0.717, 1.165) is 59.3 Å². The van der Waals surface area contributed by atoms with Gasteiger partial charge in [-0.2, -0.15) is 0 Å². The quantitative estimate of drug-likeness (QED) is 0.497. The zero-order valence-corrected chi connectivity index (χ0v) is 17.6. The minimum absolute atomic E-state index is 0.534.